The van der Waals surface area contributed by atoms with E-state index in [9.17, 15) is 13.2 Å². The minimum Gasteiger partial charge on any atom is -0.359 e. The van der Waals surface area contributed by atoms with Crippen molar-refractivity contribution in [2.45, 2.75) is 61.4 Å². The summed E-state index contributed by atoms with van der Waals surface area (Å²) in [6, 6.07) is -0.286. The summed E-state index contributed by atoms with van der Waals surface area (Å²) >= 11 is 22.9. The van der Waals surface area contributed by atoms with Gasteiger partial charge in [0, 0.05) is 12.5 Å². The van der Waals surface area contributed by atoms with Crippen LogP contribution in [0.2, 0.25) is 0 Å². The molecule has 2 atom stereocenters. The van der Waals surface area contributed by atoms with E-state index in [0.717, 1.165) is 25.7 Å². The number of amides is 1. The van der Waals surface area contributed by atoms with Crippen molar-refractivity contribution in [1.29, 1.82) is 0 Å². The van der Waals surface area contributed by atoms with Gasteiger partial charge in [-0.05, 0) is 25.1 Å². The number of hydrogen-bond donors (Lipinski definition) is 3. The molecule has 146 valence electrons. The van der Waals surface area contributed by atoms with Crippen LogP contribution in [0.15, 0.2) is 0 Å². The molecule has 1 aliphatic rings. The molecule has 0 saturated carbocycles. The summed E-state index contributed by atoms with van der Waals surface area (Å²) < 4.78 is 21.1. The van der Waals surface area contributed by atoms with Crippen molar-refractivity contribution in [3.05, 3.63) is 0 Å². The molecular formula is C14H24Cl3N3O3S2. The van der Waals surface area contributed by atoms with Gasteiger partial charge in [-0.25, -0.2) is 8.42 Å². The first-order valence-electron chi connectivity index (χ1n) is 8.17. The molecule has 3 N–H and O–H groups in total. The highest BCUT2D eigenvalue weighted by Crippen LogP contribution is 2.29. The summed E-state index contributed by atoms with van der Waals surface area (Å²) in [6.45, 7) is 2.09. The SMILES string of the molecule is CCCCCCC(=O)N[C@H](NC(=S)N[C@H]1CCS(=O)(=O)C1)C(Cl)(Cl)Cl. The van der Waals surface area contributed by atoms with Crippen LogP contribution in [0.3, 0.4) is 0 Å². The van der Waals surface area contributed by atoms with Crippen molar-refractivity contribution in [3.8, 4) is 0 Å². The number of carbonyl (C=O) groups is 1. The first-order valence-corrected chi connectivity index (χ1v) is 11.5. The van der Waals surface area contributed by atoms with E-state index in [4.69, 9.17) is 47.0 Å². The van der Waals surface area contributed by atoms with Crippen molar-refractivity contribution in [1.82, 2.24) is 16.0 Å². The van der Waals surface area contributed by atoms with Gasteiger partial charge in [-0.3, -0.25) is 4.79 Å². The molecule has 1 heterocycles. The van der Waals surface area contributed by atoms with Crippen LogP contribution in [-0.2, 0) is 14.6 Å². The van der Waals surface area contributed by atoms with E-state index in [1.807, 2.05) is 0 Å². The number of sulfone groups is 1. The van der Waals surface area contributed by atoms with Gasteiger partial charge in [0.25, 0.3) is 0 Å². The molecule has 0 unspecified atom stereocenters. The summed E-state index contributed by atoms with van der Waals surface area (Å²) in [5.74, 6) is -0.113. The van der Waals surface area contributed by atoms with E-state index >= 15 is 0 Å². The molecule has 0 aromatic heterocycles. The van der Waals surface area contributed by atoms with Crippen molar-refractivity contribution in [2.24, 2.45) is 0 Å². The molecule has 1 aliphatic heterocycles. The molecule has 1 saturated heterocycles. The second-order valence-corrected chi connectivity index (χ2v) is 11.1. The minimum atomic E-state index is -3.03. The molecule has 1 amide bonds. The van der Waals surface area contributed by atoms with Crippen molar-refractivity contribution in [3.63, 3.8) is 0 Å². The van der Waals surface area contributed by atoms with Crippen molar-refractivity contribution in [2.75, 3.05) is 11.5 Å². The van der Waals surface area contributed by atoms with Crippen LogP contribution in [-0.4, -0.2) is 46.9 Å². The molecule has 0 aliphatic carbocycles. The van der Waals surface area contributed by atoms with E-state index in [1.165, 1.54) is 0 Å². The van der Waals surface area contributed by atoms with E-state index in [2.05, 4.69) is 22.9 Å². The Bertz CT molecular complexity index is 567. The Labute approximate surface area is 169 Å². The Balaban J connectivity index is 2.50. The molecular weight excluding hydrogens is 429 g/mol. The first-order chi connectivity index (χ1) is 11.5. The summed E-state index contributed by atoms with van der Waals surface area (Å²) in [7, 11) is -3.03. The van der Waals surface area contributed by atoms with Gasteiger partial charge < -0.3 is 16.0 Å². The third-order valence-corrected chi connectivity index (χ3v) is 6.39. The highest BCUT2D eigenvalue weighted by Gasteiger charge is 2.35. The van der Waals surface area contributed by atoms with Crippen molar-refractivity contribution >= 4 is 67.9 Å². The first kappa shape index (κ1) is 23.0. The van der Waals surface area contributed by atoms with Crippen LogP contribution >= 0.6 is 47.0 Å². The van der Waals surface area contributed by atoms with Gasteiger partial charge in [0.1, 0.15) is 6.17 Å². The molecule has 11 heteroatoms. The number of hydrogen-bond acceptors (Lipinski definition) is 4. The van der Waals surface area contributed by atoms with Gasteiger partial charge in [0.2, 0.25) is 9.70 Å². The third-order valence-electron chi connectivity index (χ3n) is 3.73. The highest BCUT2D eigenvalue weighted by atomic mass is 35.6. The third kappa shape index (κ3) is 9.47. The monoisotopic (exact) mass is 451 g/mol. The maximum Gasteiger partial charge on any atom is 0.228 e. The normalized spacial score (nSPS) is 20.7. The van der Waals surface area contributed by atoms with Crippen LogP contribution < -0.4 is 16.0 Å². The number of carbonyl (C=O) groups excluding carboxylic acids is 1. The minimum absolute atomic E-state index is 0.0110. The quantitative estimate of drug-likeness (QED) is 0.227. The number of thiocarbonyl (C=S) groups is 1. The molecule has 0 radical (unpaired) electrons. The predicted molar refractivity (Wildman–Crippen MR) is 107 cm³/mol. The lowest BCUT2D eigenvalue weighted by Crippen LogP contribution is -2.58. The zero-order chi connectivity index (χ0) is 19.1. The number of rotatable bonds is 8. The lowest BCUT2D eigenvalue weighted by Gasteiger charge is -2.28. The van der Waals surface area contributed by atoms with Gasteiger partial charge in [-0.15, -0.1) is 0 Å². The Morgan fingerprint density at radius 1 is 1.24 bits per heavy atom. The topological polar surface area (TPSA) is 87.3 Å². The average molecular weight is 453 g/mol. The fourth-order valence-electron chi connectivity index (χ4n) is 2.41. The largest absolute Gasteiger partial charge is 0.359 e. The van der Waals surface area contributed by atoms with Gasteiger partial charge in [0.15, 0.2) is 14.9 Å². The Hall–Kier alpha value is -0.0200. The van der Waals surface area contributed by atoms with Gasteiger partial charge >= 0.3 is 0 Å². The molecule has 6 nitrogen and oxygen atoms in total. The van der Waals surface area contributed by atoms with E-state index in [1.54, 1.807) is 0 Å². The van der Waals surface area contributed by atoms with Crippen LogP contribution in [0.1, 0.15) is 45.4 Å². The van der Waals surface area contributed by atoms with Crippen molar-refractivity contribution < 1.29 is 13.2 Å². The standard InChI is InChI=1S/C14H24Cl3N3O3S2/c1-2-3-4-5-6-11(21)19-12(14(15,16)17)20-13(24)18-10-7-8-25(22,23)9-10/h10,12H,2-9H2,1H3,(H,19,21)(H2,18,20,24)/t10-,12+/m0/s1. The van der Waals surface area contributed by atoms with Gasteiger partial charge in [-0.2, -0.15) is 0 Å². The predicted octanol–water partition coefficient (Wildman–Crippen LogP) is 2.42. The molecule has 0 aromatic carbocycles. The summed E-state index contributed by atoms with van der Waals surface area (Å²) in [4.78, 5) is 12.0. The van der Waals surface area contributed by atoms with E-state index < -0.39 is 19.8 Å². The Kier molecular flexibility index (Phi) is 9.53. The zero-order valence-corrected chi connectivity index (χ0v) is 17.9. The highest BCUT2D eigenvalue weighted by molar-refractivity contribution is 7.91. The fourth-order valence-corrected chi connectivity index (χ4v) is 4.70. The Morgan fingerprint density at radius 2 is 1.92 bits per heavy atom. The molecule has 25 heavy (non-hydrogen) atoms. The van der Waals surface area contributed by atoms with E-state index in [-0.39, 0.29) is 28.6 Å². The lowest BCUT2D eigenvalue weighted by atomic mass is 10.1. The average Bonchev–Trinajstić information content (AvgIpc) is 2.80. The van der Waals surface area contributed by atoms with E-state index in [0.29, 0.717) is 12.8 Å². The maximum atomic E-state index is 12.0. The number of halogens is 3. The van der Waals surface area contributed by atoms with Crippen LogP contribution in [0.25, 0.3) is 0 Å². The molecule has 1 fully saturated rings. The van der Waals surface area contributed by atoms with Crippen LogP contribution in [0, 0.1) is 0 Å². The second-order valence-electron chi connectivity index (χ2n) is 6.07. The lowest BCUT2D eigenvalue weighted by molar-refractivity contribution is -0.122. The zero-order valence-electron chi connectivity index (χ0n) is 14.0. The van der Waals surface area contributed by atoms with Gasteiger partial charge in [0.05, 0.1) is 11.5 Å². The van der Waals surface area contributed by atoms with Gasteiger partial charge in [-0.1, -0.05) is 61.0 Å². The number of nitrogens with one attached hydrogen (secondary N) is 3. The molecule has 0 aromatic rings. The Morgan fingerprint density at radius 3 is 2.44 bits per heavy atom. The molecule has 0 spiro atoms. The summed E-state index contributed by atoms with van der Waals surface area (Å²) in [5, 5.41) is 8.37. The fraction of sp³-hybridized carbons (Fsp3) is 0.857. The number of alkyl halides is 3. The second kappa shape index (κ2) is 10.3. The van der Waals surface area contributed by atoms with Crippen LogP contribution in [0.4, 0.5) is 0 Å². The molecule has 0 bridgehead atoms. The van der Waals surface area contributed by atoms with Crippen LogP contribution in [0.5, 0.6) is 0 Å². The summed E-state index contributed by atoms with van der Waals surface area (Å²) in [6.07, 6.45) is 3.65. The maximum absolute atomic E-state index is 12.0. The number of unbranched alkanes of at least 4 members (excludes halogenated alkanes) is 3. The summed E-state index contributed by atoms with van der Waals surface area (Å²) in [5.41, 5.74) is 0. The molecule has 1 rings (SSSR count). The smallest absolute Gasteiger partial charge is 0.228 e.